The molecule has 1 saturated carbocycles. The van der Waals surface area contributed by atoms with Gasteiger partial charge in [0.1, 0.15) is 5.82 Å². The van der Waals surface area contributed by atoms with Crippen molar-refractivity contribution in [2.24, 2.45) is 0 Å². The number of nitrogen functional groups attached to an aromatic ring is 1. The monoisotopic (exact) mass is 313 g/mol. The van der Waals surface area contributed by atoms with Crippen molar-refractivity contribution in [2.45, 2.75) is 31.9 Å². The Morgan fingerprint density at radius 1 is 1.67 bits per heavy atom. The maximum atomic E-state index is 12.0. The molecule has 0 bridgehead atoms. The van der Waals surface area contributed by atoms with Crippen molar-refractivity contribution in [3.63, 3.8) is 0 Å². The largest absolute Gasteiger partial charge is 0.383 e. The van der Waals surface area contributed by atoms with E-state index in [9.17, 15) is 4.79 Å². The minimum Gasteiger partial charge on any atom is -0.383 e. The van der Waals surface area contributed by atoms with Crippen LogP contribution in [0.25, 0.3) is 0 Å². The van der Waals surface area contributed by atoms with Gasteiger partial charge in [0, 0.05) is 23.3 Å². The molecule has 3 N–H and O–H groups in total. The van der Waals surface area contributed by atoms with E-state index in [1.54, 1.807) is 12.3 Å². The minimum absolute atomic E-state index is 0.174. The van der Waals surface area contributed by atoms with Gasteiger partial charge in [-0.1, -0.05) is 0 Å². The second-order valence-corrected chi connectivity index (χ2v) is 5.22. The van der Waals surface area contributed by atoms with Crippen molar-refractivity contribution in [1.82, 2.24) is 10.3 Å². The average molecular weight is 314 g/mol. The summed E-state index contributed by atoms with van der Waals surface area (Å²) >= 11 is 3.27. The lowest BCUT2D eigenvalue weighted by molar-refractivity contribution is -0.00861. The van der Waals surface area contributed by atoms with Gasteiger partial charge in [0.25, 0.3) is 5.91 Å². The summed E-state index contributed by atoms with van der Waals surface area (Å²) in [6, 6.07) is 1.85. The number of ether oxygens (including phenoxy) is 1. The number of rotatable bonds is 4. The lowest BCUT2D eigenvalue weighted by atomic mass is 9.89. The Kier molecular flexibility index (Phi) is 4.19. The maximum absolute atomic E-state index is 12.0. The Morgan fingerprint density at radius 3 is 3.06 bits per heavy atom. The number of nitrogens with one attached hydrogen (secondary N) is 1. The van der Waals surface area contributed by atoms with Crippen LogP contribution in [0.1, 0.15) is 30.1 Å². The first-order valence-corrected chi connectivity index (χ1v) is 6.73. The number of pyridine rings is 1. The van der Waals surface area contributed by atoms with E-state index < -0.39 is 0 Å². The van der Waals surface area contributed by atoms with Crippen LogP contribution in [-0.2, 0) is 4.74 Å². The van der Waals surface area contributed by atoms with Crippen LogP contribution in [0.5, 0.6) is 0 Å². The molecule has 5 nitrogen and oxygen atoms in total. The Bertz CT molecular complexity index is 447. The summed E-state index contributed by atoms with van der Waals surface area (Å²) in [4.78, 5) is 15.9. The molecule has 1 fully saturated rings. The second kappa shape index (κ2) is 5.67. The summed E-state index contributed by atoms with van der Waals surface area (Å²) in [5, 5.41) is 2.93. The molecule has 98 valence electrons. The summed E-state index contributed by atoms with van der Waals surface area (Å²) in [5.41, 5.74) is 6.09. The smallest absolute Gasteiger partial charge is 0.255 e. The lowest BCUT2D eigenvalue weighted by Crippen LogP contribution is -2.47. The molecule has 0 saturated heterocycles. The predicted octanol–water partition coefficient (Wildman–Crippen LogP) is 1.72. The fourth-order valence-electron chi connectivity index (χ4n) is 1.95. The minimum atomic E-state index is -0.179. The van der Waals surface area contributed by atoms with E-state index in [2.05, 4.69) is 26.2 Å². The van der Waals surface area contributed by atoms with Gasteiger partial charge in [0.2, 0.25) is 0 Å². The molecule has 1 heterocycles. The molecular weight excluding hydrogens is 298 g/mol. The summed E-state index contributed by atoms with van der Waals surface area (Å²) < 4.78 is 6.18. The molecule has 1 aliphatic rings. The SMILES string of the molecule is CCOC1CC(NC(=O)c2cc(Br)cnc2N)C1. The van der Waals surface area contributed by atoms with Gasteiger partial charge in [-0.3, -0.25) is 4.79 Å². The first-order chi connectivity index (χ1) is 8.60. The fraction of sp³-hybridized carbons (Fsp3) is 0.500. The second-order valence-electron chi connectivity index (χ2n) is 4.31. The van der Waals surface area contributed by atoms with Crippen LogP contribution < -0.4 is 11.1 Å². The molecule has 0 unspecified atom stereocenters. The van der Waals surface area contributed by atoms with Crippen molar-refractivity contribution < 1.29 is 9.53 Å². The first kappa shape index (κ1) is 13.3. The Hall–Kier alpha value is -1.14. The quantitative estimate of drug-likeness (QED) is 0.887. The van der Waals surface area contributed by atoms with Gasteiger partial charge in [-0.15, -0.1) is 0 Å². The van der Waals surface area contributed by atoms with E-state index >= 15 is 0 Å². The molecule has 18 heavy (non-hydrogen) atoms. The van der Waals surface area contributed by atoms with Crippen LogP contribution in [0.3, 0.4) is 0 Å². The molecule has 1 aromatic rings. The Morgan fingerprint density at radius 2 is 2.39 bits per heavy atom. The molecule has 1 amide bonds. The third-order valence-corrected chi connectivity index (χ3v) is 3.40. The third kappa shape index (κ3) is 3.00. The van der Waals surface area contributed by atoms with Crippen molar-refractivity contribution in [3.05, 3.63) is 22.3 Å². The van der Waals surface area contributed by atoms with Crippen LogP contribution in [-0.4, -0.2) is 29.6 Å². The molecular formula is C12H16BrN3O2. The van der Waals surface area contributed by atoms with Crippen LogP contribution >= 0.6 is 15.9 Å². The molecule has 0 radical (unpaired) electrons. The molecule has 2 rings (SSSR count). The van der Waals surface area contributed by atoms with Gasteiger partial charge in [0.15, 0.2) is 0 Å². The molecule has 1 aliphatic carbocycles. The molecule has 0 spiro atoms. The van der Waals surface area contributed by atoms with Gasteiger partial charge < -0.3 is 15.8 Å². The summed E-state index contributed by atoms with van der Waals surface area (Å²) in [6.07, 6.45) is 3.57. The van der Waals surface area contributed by atoms with E-state index in [1.165, 1.54) is 0 Å². The molecule has 6 heteroatoms. The highest BCUT2D eigenvalue weighted by Crippen LogP contribution is 2.24. The predicted molar refractivity (Wildman–Crippen MR) is 72.3 cm³/mol. The van der Waals surface area contributed by atoms with Crippen molar-refractivity contribution in [3.8, 4) is 0 Å². The number of hydrogen-bond donors (Lipinski definition) is 2. The van der Waals surface area contributed by atoms with E-state index in [4.69, 9.17) is 10.5 Å². The van der Waals surface area contributed by atoms with E-state index in [0.717, 1.165) is 17.3 Å². The number of carbonyl (C=O) groups excluding carboxylic acids is 1. The third-order valence-electron chi connectivity index (χ3n) is 2.96. The zero-order valence-corrected chi connectivity index (χ0v) is 11.7. The van der Waals surface area contributed by atoms with Crippen LogP contribution in [0.4, 0.5) is 5.82 Å². The molecule has 0 aromatic carbocycles. The number of anilines is 1. The van der Waals surface area contributed by atoms with Crippen LogP contribution in [0, 0.1) is 0 Å². The number of carbonyl (C=O) groups is 1. The topological polar surface area (TPSA) is 77.2 Å². The average Bonchev–Trinajstić information content (AvgIpc) is 2.29. The maximum Gasteiger partial charge on any atom is 0.255 e. The van der Waals surface area contributed by atoms with E-state index in [0.29, 0.717) is 12.2 Å². The van der Waals surface area contributed by atoms with Crippen molar-refractivity contribution >= 4 is 27.7 Å². The van der Waals surface area contributed by atoms with E-state index in [-0.39, 0.29) is 23.9 Å². The van der Waals surface area contributed by atoms with Gasteiger partial charge in [-0.2, -0.15) is 0 Å². The van der Waals surface area contributed by atoms with Gasteiger partial charge in [-0.25, -0.2) is 4.98 Å². The summed E-state index contributed by atoms with van der Waals surface area (Å²) in [7, 11) is 0. The highest BCUT2D eigenvalue weighted by molar-refractivity contribution is 9.10. The zero-order chi connectivity index (χ0) is 13.1. The van der Waals surface area contributed by atoms with Crippen molar-refractivity contribution in [2.75, 3.05) is 12.3 Å². The van der Waals surface area contributed by atoms with Crippen molar-refractivity contribution in [1.29, 1.82) is 0 Å². The zero-order valence-electron chi connectivity index (χ0n) is 10.1. The number of hydrogen-bond acceptors (Lipinski definition) is 4. The van der Waals surface area contributed by atoms with Gasteiger partial charge in [0.05, 0.1) is 11.7 Å². The Balaban J connectivity index is 1.91. The van der Waals surface area contributed by atoms with Crippen LogP contribution in [0.2, 0.25) is 0 Å². The van der Waals surface area contributed by atoms with E-state index in [1.807, 2.05) is 6.92 Å². The molecule has 0 aliphatic heterocycles. The lowest BCUT2D eigenvalue weighted by Gasteiger charge is -2.35. The van der Waals surface area contributed by atoms with Gasteiger partial charge in [-0.05, 0) is 41.8 Å². The number of aromatic nitrogens is 1. The fourth-order valence-corrected chi connectivity index (χ4v) is 2.28. The number of amides is 1. The molecule has 0 atom stereocenters. The highest BCUT2D eigenvalue weighted by Gasteiger charge is 2.31. The Labute approximate surface area is 114 Å². The van der Waals surface area contributed by atoms with Gasteiger partial charge >= 0.3 is 0 Å². The normalized spacial score (nSPS) is 22.3. The highest BCUT2D eigenvalue weighted by atomic mass is 79.9. The first-order valence-electron chi connectivity index (χ1n) is 5.93. The van der Waals surface area contributed by atoms with Crippen LogP contribution in [0.15, 0.2) is 16.7 Å². The standard InChI is InChI=1S/C12H16BrN3O2/c1-2-18-9-4-8(5-9)16-12(17)10-3-7(13)6-15-11(10)14/h3,6,8-9H,2,4-5H2,1H3,(H2,14,15)(H,16,17). The summed E-state index contributed by atoms with van der Waals surface area (Å²) in [5.74, 6) is 0.0673. The number of nitrogens with zero attached hydrogens (tertiary/aromatic N) is 1. The molecule has 1 aromatic heterocycles. The number of halogens is 1. The summed E-state index contributed by atoms with van der Waals surface area (Å²) in [6.45, 7) is 2.69. The number of nitrogens with two attached hydrogens (primary N) is 1.